The molecule has 3 aromatic rings. The third-order valence-corrected chi connectivity index (χ3v) is 4.63. The molecule has 6 nitrogen and oxygen atoms in total. The molecule has 1 aliphatic rings. The average Bonchev–Trinajstić information content (AvgIpc) is 3.08. The number of hydrogen-bond donors (Lipinski definition) is 3. The standard InChI is InChI=1S/C18H15N3O3S/c1-25(23,24)21-12-6-7-17-14(9-12)15(18(22)20-17)8-11-10-19-16-5-3-2-4-13(11)16/h2-10,19,21H,1H3,(H,20,22). The Bertz CT molecular complexity index is 1140. The Kier molecular flexibility index (Phi) is 3.40. The van der Waals surface area contributed by atoms with E-state index in [-0.39, 0.29) is 5.91 Å². The summed E-state index contributed by atoms with van der Waals surface area (Å²) in [5.74, 6) is -0.211. The van der Waals surface area contributed by atoms with E-state index in [2.05, 4.69) is 15.0 Å². The van der Waals surface area contributed by atoms with E-state index in [1.165, 1.54) is 0 Å². The Hall–Kier alpha value is -3.06. The van der Waals surface area contributed by atoms with Crippen LogP contribution in [-0.2, 0) is 14.8 Å². The van der Waals surface area contributed by atoms with Gasteiger partial charge in [-0.3, -0.25) is 9.52 Å². The summed E-state index contributed by atoms with van der Waals surface area (Å²) >= 11 is 0. The van der Waals surface area contributed by atoms with Crippen LogP contribution in [-0.4, -0.2) is 25.6 Å². The summed E-state index contributed by atoms with van der Waals surface area (Å²) in [5, 5.41) is 3.82. The second kappa shape index (κ2) is 5.49. The zero-order valence-corrected chi connectivity index (χ0v) is 14.1. The summed E-state index contributed by atoms with van der Waals surface area (Å²) in [6.45, 7) is 0. The van der Waals surface area contributed by atoms with E-state index >= 15 is 0 Å². The highest BCUT2D eigenvalue weighted by Gasteiger charge is 2.25. The number of rotatable bonds is 3. The van der Waals surface area contributed by atoms with Gasteiger partial charge in [0, 0.05) is 45.2 Å². The van der Waals surface area contributed by atoms with Gasteiger partial charge in [-0.1, -0.05) is 18.2 Å². The van der Waals surface area contributed by atoms with Gasteiger partial charge in [-0.15, -0.1) is 0 Å². The van der Waals surface area contributed by atoms with Crippen LogP contribution >= 0.6 is 0 Å². The van der Waals surface area contributed by atoms with E-state index in [9.17, 15) is 13.2 Å². The van der Waals surface area contributed by atoms with Crippen LogP contribution in [0, 0.1) is 0 Å². The van der Waals surface area contributed by atoms with Crippen LogP contribution in [0.4, 0.5) is 11.4 Å². The van der Waals surface area contributed by atoms with Gasteiger partial charge in [-0.2, -0.15) is 0 Å². The minimum Gasteiger partial charge on any atom is -0.361 e. The Morgan fingerprint density at radius 2 is 1.92 bits per heavy atom. The number of fused-ring (bicyclic) bond motifs is 2. The lowest BCUT2D eigenvalue weighted by Crippen LogP contribution is -2.09. The van der Waals surface area contributed by atoms with E-state index in [4.69, 9.17) is 0 Å². The van der Waals surface area contributed by atoms with Crippen LogP contribution < -0.4 is 10.0 Å². The Labute approximate surface area is 144 Å². The van der Waals surface area contributed by atoms with Crippen LogP contribution in [0.2, 0.25) is 0 Å². The van der Waals surface area contributed by atoms with Gasteiger partial charge < -0.3 is 10.3 Å². The molecule has 0 radical (unpaired) electrons. The number of aromatic nitrogens is 1. The fourth-order valence-electron chi connectivity index (χ4n) is 2.98. The second-order valence-corrected chi connectivity index (χ2v) is 7.68. The van der Waals surface area contributed by atoms with E-state index in [0.29, 0.717) is 22.5 Å². The molecule has 0 fully saturated rings. The maximum Gasteiger partial charge on any atom is 0.256 e. The van der Waals surface area contributed by atoms with Gasteiger partial charge in [0.25, 0.3) is 5.91 Å². The minimum absolute atomic E-state index is 0.211. The van der Waals surface area contributed by atoms with Crippen molar-refractivity contribution in [1.29, 1.82) is 0 Å². The van der Waals surface area contributed by atoms with Gasteiger partial charge in [-0.05, 0) is 30.3 Å². The van der Waals surface area contributed by atoms with E-state index in [0.717, 1.165) is 22.7 Å². The van der Waals surface area contributed by atoms with Crippen LogP contribution in [0.5, 0.6) is 0 Å². The Morgan fingerprint density at radius 3 is 2.72 bits per heavy atom. The molecule has 1 aromatic heterocycles. The maximum atomic E-state index is 12.4. The summed E-state index contributed by atoms with van der Waals surface area (Å²) in [6, 6.07) is 12.8. The summed E-state index contributed by atoms with van der Waals surface area (Å²) in [7, 11) is -3.38. The number of carbonyl (C=O) groups excluding carboxylic acids is 1. The van der Waals surface area contributed by atoms with Crippen LogP contribution in [0.1, 0.15) is 11.1 Å². The normalized spacial score (nSPS) is 15.4. The van der Waals surface area contributed by atoms with Crippen molar-refractivity contribution in [2.75, 3.05) is 16.3 Å². The van der Waals surface area contributed by atoms with E-state index < -0.39 is 10.0 Å². The number of benzene rings is 2. The van der Waals surface area contributed by atoms with Gasteiger partial charge in [0.1, 0.15) is 0 Å². The Morgan fingerprint density at radius 1 is 1.12 bits per heavy atom. The number of H-pyrrole nitrogens is 1. The Balaban J connectivity index is 1.82. The lowest BCUT2D eigenvalue weighted by molar-refractivity contribution is -0.110. The molecule has 0 saturated carbocycles. The first-order valence-electron chi connectivity index (χ1n) is 7.62. The van der Waals surface area contributed by atoms with Crippen molar-refractivity contribution in [3.63, 3.8) is 0 Å². The van der Waals surface area contributed by atoms with Crippen LogP contribution in [0.3, 0.4) is 0 Å². The molecule has 7 heteroatoms. The lowest BCUT2D eigenvalue weighted by atomic mass is 10.0. The number of aromatic amines is 1. The smallest absolute Gasteiger partial charge is 0.256 e. The monoisotopic (exact) mass is 353 g/mol. The van der Waals surface area contributed by atoms with Gasteiger partial charge >= 0.3 is 0 Å². The predicted octanol–water partition coefficient (Wildman–Crippen LogP) is 3.03. The summed E-state index contributed by atoms with van der Waals surface area (Å²) in [6.07, 6.45) is 4.75. The van der Waals surface area contributed by atoms with Gasteiger partial charge in [0.05, 0.1) is 6.26 Å². The molecule has 126 valence electrons. The molecule has 0 spiro atoms. The molecule has 0 aliphatic carbocycles. The molecule has 1 amide bonds. The van der Waals surface area contributed by atoms with Crippen LogP contribution in [0.25, 0.3) is 22.6 Å². The molecule has 3 N–H and O–H groups in total. The molecule has 2 aromatic carbocycles. The molecule has 0 atom stereocenters. The zero-order valence-electron chi connectivity index (χ0n) is 13.3. The molecule has 2 heterocycles. The highest BCUT2D eigenvalue weighted by Crippen LogP contribution is 2.36. The molecular formula is C18H15N3O3S. The minimum atomic E-state index is -3.38. The molecule has 0 bridgehead atoms. The molecular weight excluding hydrogens is 338 g/mol. The largest absolute Gasteiger partial charge is 0.361 e. The fraction of sp³-hybridized carbons (Fsp3) is 0.0556. The number of anilines is 2. The van der Waals surface area contributed by atoms with Crippen molar-refractivity contribution < 1.29 is 13.2 Å². The molecule has 1 aliphatic heterocycles. The number of carbonyl (C=O) groups is 1. The average molecular weight is 353 g/mol. The molecule has 25 heavy (non-hydrogen) atoms. The molecule has 0 saturated heterocycles. The SMILES string of the molecule is CS(=O)(=O)Nc1ccc2c(c1)C(=Cc1c[nH]c3ccccc13)C(=O)N2. The first kappa shape index (κ1) is 15.5. The third kappa shape index (κ3) is 2.89. The number of sulfonamides is 1. The van der Waals surface area contributed by atoms with Crippen molar-refractivity contribution in [3.8, 4) is 0 Å². The van der Waals surface area contributed by atoms with Crippen LogP contribution in [0.15, 0.2) is 48.7 Å². The van der Waals surface area contributed by atoms with Crippen molar-refractivity contribution in [3.05, 3.63) is 59.8 Å². The van der Waals surface area contributed by atoms with Crippen molar-refractivity contribution >= 4 is 49.9 Å². The highest BCUT2D eigenvalue weighted by molar-refractivity contribution is 7.92. The highest BCUT2D eigenvalue weighted by atomic mass is 32.2. The van der Waals surface area contributed by atoms with Crippen molar-refractivity contribution in [1.82, 2.24) is 4.98 Å². The van der Waals surface area contributed by atoms with E-state index in [1.54, 1.807) is 18.2 Å². The predicted molar refractivity (Wildman–Crippen MR) is 99.7 cm³/mol. The number of nitrogens with one attached hydrogen (secondary N) is 3. The van der Waals surface area contributed by atoms with E-state index in [1.807, 2.05) is 36.5 Å². The number of amides is 1. The number of para-hydroxylation sites is 1. The quantitative estimate of drug-likeness (QED) is 0.632. The zero-order chi connectivity index (χ0) is 17.6. The first-order valence-corrected chi connectivity index (χ1v) is 9.51. The summed E-state index contributed by atoms with van der Waals surface area (Å²) in [5.41, 5.74) is 4.13. The molecule has 0 unspecified atom stereocenters. The van der Waals surface area contributed by atoms with Crippen molar-refractivity contribution in [2.24, 2.45) is 0 Å². The third-order valence-electron chi connectivity index (χ3n) is 4.03. The molecule has 4 rings (SSSR count). The first-order chi connectivity index (χ1) is 11.9. The van der Waals surface area contributed by atoms with Gasteiger partial charge in [-0.25, -0.2) is 8.42 Å². The van der Waals surface area contributed by atoms with Gasteiger partial charge in [0.2, 0.25) is 10.0 Å². The maximum absolute atomic E-state index is 12.4. The second-order valence-electron chi connectivity index (χ2n) is 5.94. The fourth-order valence-corrected chi connectivity index (χ4v) is 3.53. The summed E-state index contributed by atoms with van der Waals surface area (Å²) < 4.78 is 25.3. The number of hydrogen-bond acceptors (Lipinski definition) is 3. The lowest BCUT2D eigenvalue weighted by Gasteiger charge is -2.06. The van der Waals surface area contributed by atoms with Gasteiger partial charge in [0.15, 0.2) is 0 Å². The summed E-state index contributed by atoms with van der Waals surface area (Å²) in [4.78, 5) is 15.5. The van der Waals surface area contributed by atoms with Crippen molar-refractivity contribution in [2.45, 2.75) is 0 Å². The topological polar surface area (TPSA) is 91.1 Å².